The summed E-state index contributed by atoms with van der Waals surface area (Å²) in [6.07, 6.45) is 5.80. The predicted octanol–water partition coefficient (Wildman–Crippen LogP) is 0.413. The Morgan fingerprint density at radius 2 is 1.94 bits per heavy atom. The van der Waals surface area contributed by atoms with E-state index in [1.54, 1.807) is 40.5 Å². The Morgan fingerprint density at radius 1 is 1.12 bits per heavy atom. The minimum Gasteiger partial charge on any atom is -0.383 e. The van der Waals surface area contributed by atoms with Gasteiger partial charge in [0.2, 0.25) is 17.7 Å². The summed E-state index contributed by atoms with van der Waals surface area (Å²) in [5.74, 6) is -0.400. The van der Waals surface area contributed by atoms with Gasteiger partial charge in [-0.1, -0.05) is 30.3 Å². The number of piperazine rings is 2. The van der Waals surface area contributed by atoms with E-state index in [-0.39, 0.29) is 30.7 Å². The molecule has 4 rings (SSSR count). The van der Waals surface area contributed by atoms with Crippen molar-refractivity contribution >= 4 is 17.7 Å². The number of rotatable bonds is 8. The van der Waals surface area contributed by atoms with Gasteiger partial charge in [-0.15, -0.1) is 0 Å². The van der Waals surface area contributed by atoms with Crippen LogP contribution in [-0.4, -0.2) is 94.0 Å². The Labute approximate surface area is 187 Å². The number of aryl methyl sites for hydroxylation is 1. The fourth-order valence-corrected chi connectivity index (χ4v) is 4.44. The van der Waals surface area contributed by atoms with Gasteiger partial charge in [-0.25, -0.2) is 4.98 Å². The molecule has 3 heterocycles. The van der Waals surface area contributed by atoms with E-state index in [9.17, 15) is 14.4 Å². The van der Waals surface area contributed by atoms with Crippen LogP contribution in [0.2, 0.25) is 0 Å². The maximum Gasteiger partial charge on any atom is 0.247 e. The molecule has 2 aromatic rings. The molecule has 3 amide bonds. The van der Waals surface area contributed by atoms with Crippen LogP contribution in [0.25, 0.3) is 0 Å². The molecule has 1 aromatic carbocycles. The lowest BCUT2D eigenvalue weighted by Crippen LogP contribution is -2.70. The van der Waals surface area contributed by atoms with E-state index in [0.29, 0.717) is 39.2 Å². The predicted molar refractivity (Wildman–Crippen MR) is 116 cm³/mol. The van der Waals surface area contributed by atoms with Crippen molar-refractivity contribution in [1.82, 2.24) is 24.3 Å². The van der Waals surface area contributed by atoms with Crippen molar-refractivity contribution in [1.29, 1.82) is 0 Å². The number of amides is 3. The van der Waals surface area contributed by atoms with Crippen molar-refractivity contribution < 1.29 is 19.1 Å². The average Bonchev–Trinajstić information content (AvgIpc) is 3.33. The Kier molecular flexibility index (Phi) is 6.84. The highest BCUT2D eigenvalue weighted by molar-refractivity contribution is 5.95. The number of nitrogens with zero attached hydrogens (tertiary/aromatic N) is 5. The number of methoxy groups -OCH3 is 1. The summed E-state index contributed by atoms with van der Waals surface area (Å²) in [7, 11) is 1.60. The van der Waals surface area contributed by atoms with Crippen molar-refractivity contribution in [2.45, 2.75) is 31.5 Å². The Bertz CT molecular complexity index is 933. The zero-order valence-electron chi connectivity index (χ0n) is 18.3. The second-order valence-electron chi connectivity index (χ2n) is 8.17. The molecule has 0 bridgehead atoms. The van der Waals surface area contributed by atoms with Crippen LogP contribution in [-0.2, 0) is 32.1 Å². The maximum atomic E-state index is 13.5. The van der Waals surface area contributed by atoms with Gasteiger partial charge in [0.15, 0.2) is 0 Å². The molecule has 0 radical (unpaired) electrons. The zero-order valence-corrected chi connectivity index (χ0v) is 18.3. The number of carbonyl (C=O) groups is 3. The largest absolute Gasteiger partial charge is 0.383 e. The highest BCUT2D eigenvalue weighted by Crippen LogP contribution is 2.25. The normalized spacial score (nSPS) is 21.1. The van der Waals surface area contributed by atoms with E-state index in [4.69, 9.17) is 4.74 Å². The van der Waals surface area contributed by atoms with Crippen LogP contribution < -0.4 is 0 Å². The van der Waals surface area contributed by atoms with Crippen LogP contribution in [0.4, 0.5) is 0 Å². The van der Waals surface area contributed by atoms with Gasteiger partial charge in [0.1, 0.15) is 12.1 Å². The first-order valence-corrected chi connectivity index (χ1v) is 11.0. The van der Waals surface area contributed by atoms with Crippen LogP contribution in [0.1, 0.15) is 12.0 Å². The first-order chi connectivity index (χ1) is 15.6. The van der Waals surface area contributed by atoms with Gasteiger partial charge in [0, 0.05) is 58.5 Å². The van der Waals surface area contributed by atoms with Gasteiger partial charge in [-0.3, -0.25) is 14.4 Å². The van der Waals surface area contributed by atoms with E-state index in [1.165, 1.54) is 0 Å². The quantitative estimate of drug-likeness (QED) is 0.595. The van der Waals surface area contributed by atoms with Crippen LogP contribution in [0.3, 0.4) is 0 Å². The van der Waals surface area contributed by atoms with Gasteiger partial charge >= 0.3 is 0 Å². The SMILES string of the molecule is COCCN1CCN2C(=O)[C@H](Cc3ccccc3)N(C(=O)CCn3ccnc3)C[C@H]2C1=O. The second kappa shape index (κ2) is 9.95. The molecule has 0 spiro atoms. The monoisotopic (exact) mass is 439 g/mol. The molecule has 2 aliphatic heterocycles. The van der Waals surface area contributed by atoms with Gasteiger partial charge in [0.25, 0.3) is 0 Å². The number of fused-ring (bicyclic) bond motifs is 1. The summed E-state index contributed by atoms with van der Waals surface area (Å²) >= 11 is 0. The highest BCUT2D eigenvalue weighted by Gasteiger charge is 2.47. The van der Waals surface area contributed by atoms with Gasteiger partial charge in [-0.2, -0.15) is 0 Å². The fraction of sp³-hybridized carbons (Fsp3) is 0.478. The first kappa shape index (κ1) is 22.0. The smallest absolute Gasteiger partial charge is 0.247 e. The number of hydrogen-bond donors (Lipinski definition) is 0. The molecule has 9 heteroatoms. The van der Waals surface area contributed by atoms with Crippen LogP contribution in [0, 0.1) is 0 Å². The Hall–Kier alpha value is -3.20. The highest BCUT2D eigenvalue weighted by atomic mass is 16.5. The topological polar surface area (TPSA) is 88.0 Å². The van der Waals surface area contributed by atoms with E-state index in [1.807, 2.05) is 34.9 Å². The molecular formula is C23H29N5O4. The third-order valence-electron chi connectivity index (χ3n) is 6.20. The number of carbonyl (C=O) groups excluding carboxylic acids is 3. The number of ether oxygens (including phenoxy) is 1. The van der Waals surface area contributed by atoms with E-state index in [2.05, 4.69) is 4.98 Å². The number of hydrogen-bond acceptors (Lipinski definition) is 5. The molecule has 2 saturated heterocycles. The molecule has 32 heavy (non-hydrogen) atoms. The molecule has 2 fully saturated rings. The van der Waals surface area contributed by atoms with Crippen LogP contribution in [0.15, 0.2) is 49.1 Å². The third-order valence-corrected chi connectivity index (χ3v) is 6.20. The lowest BCUT2D eigenvalue weighted by molar-refractivity contribution is -0.166. The number of imidazole rings is 1. The third kappa shape index (κ3) is 4.67. The van der Waals surface area contributed by atoms with Crippen molar-refractivity contribution in [2.24, 2.45) is 0 Å². The lowest BCUT2D eigenvalue weighted by Gasteiger charge is -2.49. The fourth-order valence-electron chi connectivity index (χ4n) is 4.44. The minimum absolute atomic E-state index is 0.118. The molecule has 0 N–H and O–H groups in total. The van der Waals surface area contributed by atoms with E-state index < -0.39 is 12.1 Å². The van der Waals surface area contributed by atoms with Crippen molar-refractivity contribution in [2.75, 3.05) is 39.9 Å². The van der Waals surface area contributed by atoms with Crippen molar-refractivity contribution in [3.05, 3.63) is 54.6 Å². The van der Waals surface area contributed by atoms with Gasteiger partial charge in [0.05, 0.1) is 19.5 Å². The summed E-state index contributed by atoms with van der Waals surface area (Å²) < 4.78 is 6.95. The summed E-state index contributed by atoms with van der Waals surface area (Å²) in [5, 5.41) is 0. The standard InChI is InChI=1S/C23H29N5O4/c1-32-14-13-26-11-12-27-20(22(26)30)16-28(21(29)7-9-25-10-8-24-17-25)19(23(27)31)15-18-5-3-2-4-6-18/h2-6,8,10,17,19-20H,7,9,11-16H2,1H3/t19-,20-/m0/s1. The molecule has 9 nitrogen and oxygen atoms in total. The van der Waals surface area contributed by atoms with Crippen LogP contribution >= 0.6 is 0 Å². The average molecular weight is 440 g/mol. The molecule has 2 aliphatic rings. The second-order valence-corrected chi connectivity index (χ2v) is 8.17. The summed E-state index contributed by atoms with van der Waals surface area (Å²) in [6.45, 7) is 2.57. The van der Waals surface area contributed by atoms with Crippen molar-refractivity contribution in [3.8, 4) is 0 Å². The molecule has 0 saturated carbocycles. The minimum atomic E-state index is -0.641. The molecule has 0 aliphatic carbocycles. The van der Waals surface area contributed by atoms with Gasteiger partial charge in [-0.05, 0) is 5.56 Å². The van der Waals surface area contributed by atoms with Crippen LogP contribution in [0.5, 0.6) is 0 Å². The van der Waals surface area contributed by atoms with E-state index >= 15 is 0 Å². The summed E-state index contributed by atoms with van der Waals surface area (Å²) in [5.41, 5.74) is 0.988. The molecular weight excluding hydrogens is 410 g/mol. The lowest BCUT2D eigenvalue weighted by atomic mass is 9.96. The number of benzene rings is 1. The van der Waals surface area contributed by atoms with E-state index in [0.717, 1.165) is 5.56 Å². The molecule has 1 aromatic heterocycles. The van der Waals surface area contributed by atoms with Gasteiger partial charge < -0.3 is 24.0 Å². The number of aromatic nitrogens is 2. The zero-order chi connectivity index (χ0) is 22.5. The molecule has 2 atom stereocenters. The summed E-state index contributed by atoms with van der Waals surface area (Å²) in [6, 6.07) is 8.44. The maximum absolute atomic E-state index is 13.5. The molecule has 0 unspecified atom stereocenters. The Morgan fingerprint density at radius 3 is 2.66 bits per heavy atom. The summed E-state index contributed by atoms with van der Waals surface area (Å²) in [4.78, 5) is 48.9. The molecule has 170 valence electrons. The Balaban J connectivity index is 1.54. The first-order valence-electron chi connectivity index (χ1n) is 11.0. The van der Waals surface area contributed by atoms with Crippen molar-refractivity contribution in [3.63, 3.8) is 0 Å².